The molecule has 0 aromatic heterocycles. The van der Waals surface area contributed by atoms with E-state index < -0.39 is 0 Å². The van der Waals surface area contributed by atoms with Crippen LogP contribution in [0.1, 0.15) is 17.5 Å². The van der Waals surface area contributed by atoms with Crippen LogP contribution in [-0.2, 0) is 11.2 Å². The normalized spacial score (nSPS) is 14.0. The lowest BCUT2D eigenvalue weighted by atomic mass is 9.92. The summed E-state index contributed by atoms with van der Waals surface area (Å²) < 4.78 is 12.8. The Kier molecular flexibility index (Phi) is 4.58. The van der Waals surface area contributed by atoms with Crippen molar-refractivity contribution in [3.63, 3.8) is 0 Å². The standard InChI is InChI=1S/C19H15ClFNO/c20-19-14(6-5-13-3-1-2-4-17(13)19)7-12-18(23)22-16-10-8-15(21)9-11-16/h1-4,7-12H,5-6H2,(H,22,23)/b12-7+. The molecule has 0 spiro atoms. The van der Waals surface area contributed by atoms with Crippen molar-refractivity contribution in [2.75, 3.05) is 5.32 Å². The number of benzene rings is 2. The third-order valence-electron chi connectivity index (χ3n) is 3.75. The molecule has 0 unspecified atom stereocenters. The summed E-state index contributed by atoms with van der Waals surface area (Å²) in [5.41, 5.74) is 3.75. The number of fused-ring (bicyclic) bond motifs is 1. The smallest absolute Gasteiger partial charge is 0.248 e. The van der Waals surface area contributed by atoms with Crippen LogP contribution in [0.3, 0.4) is 0 Å². The van der Waals surface area contributed by atoms with E-state index in [1.165, 1.54) is 35.9 Å². The first-order valence-electron chi connectivity index (χ1n) is 7.35. The van der Waals surface area contributed by atoms with Crippen molar-refractivity contribution in [2.45, 2.75) is 12.8 Å². The zero-order valence-electron chi connectivity index (χ0n) is 12.4. The maximum absolute atomic E-state index is 12.8. The molecule has 0 aliphatic heterocycles. The van der Waals surface area contributed by atoms with E-state index in [1.807, 2.05) is 18.2 Å². The Morgan fingerprint density at radius 1 is 1.09 bits per heavy atom. The first-order valence-corrected chi connectivity index (χ1v) is 7.73. The number of nitrogens with one attached hydrogen (secondary N) is 1. The molecule has 1 aliphatic rings. The highest BCUT2D eigenvalue weighted by Crippen LogP contribution is 2.34. The number of anilines is 1. The number of halogens is 2. The molecular formula is C19H15ClFNO. The Hall–Kier alpha value is -2.39. The molecule has 1 aliphatic carbocycles. The minimum Gasteiger partial charge on any atom is -0.323 e. The maximum atomic E-state index is 12.8. The summed E-state index contributed by atoms with van der Waals surface area (Å²) >= 11 is 6.43. The van der Waals surface area contributed by atoms with E-state index in [4.69, 9.17) is 11.6 Å². The van der Waals surface area contributed by atoms with Crippen molar-refractivity contribution < 1.29 is 9.18 Å². The van der Waals surface area contributed by atoms with Crippen LogP contribution in [0, 0.1) is 5.82 Å². The molecule has 0 atom stereocenters. The molecule has 3 rings (SSSR count). The van der Waals surface area contributed by atoms with Crippen LogP contribution in [-0.4, -0.2) is 5.91 Å². The number of carbonyl (C=O) groups is 1. The summed E-state index contributed by atoms with van der Waals surface area (Å²) in [5, 5.41) is 3.38. The fraction of sp³-hybridized carbons (Fsp3) is 0.105. The average molecular weight is 328 g/mol. The van der Waals surface area contributed by atoms with Gasteiger partial charge in [0.05, 0.1) is 5.03 Å². The summed E-state index contributed by atoms with van der Waals surface area (Å²) in [6.07, 6.45) is 4.91. The number of rotatable bonds is 3. The Bertz CT molecular complexity index is 793. The second-order valence-corrected chi connectivity index (χ2v) is 5.70. The van der Waals surface area contributed by atoms with Crippen LogP contribution in [0.2, 0.25) is 0 Å². The first kappa shape index (κ1) is 15.5. The third-order valence-corrected chi connectivity index (χ3v) is 4.19. The Balaban J connectivity index is 1.72. The summed E-state index contributed by atoms with van der Waals surface area (Å²) in [6, 6.07) is 13.7. The molecule has 0 fully saturated rings. The molecule has 116 valence electrons. The number of hydrogen-bond acceptors (Lipinski definition) is 1. The van der Waals surface area contributed by atoms with E-state index in [9.17, 15) is 9.18 Å². The van der Waals surface area contributed by atoms with E-state index >= 15 is 0 Å². The largest absolute Gasteiger partial charge is 0.323 e. The molecule has 0 heterocycles. The van der Waals surface area contributed by atoms with Gasteiger partial charge in [0.1, 0.15) is 5.82 Å². The van der Waals surface area contributed by atoms with Crippen LogP contribution < -0.4 is 5.32 Å². The predicted octanol–water partition coefficient (Wildman–Crippen LogP) is 4.92. The van der Waals surface area contributed by atoms with Crippen LogP contribution in [0.5, 0.6) is 0 Å². The number of hydrogen-bond donors (Lipinski definition) is 1. The molecule has 0 bridgehead atoms. The van der Waals surface area contributed by atoms with Gasteiger partial charge in [0.15, 0.2) is 0 Å². The summed E-state index contributed by atoms with van der Waals surface area (Å²) in [4.78, 5) is 11.9. The van der Waals surface area contributed by atoms with E-state index in [2.05, 4.69) is 11.4 Å². The van der Waals surface area contributed by atoms with Gasteiger partial charge in [-0.3, -0.25) is 4.79 Å². The van der Waals surface area contributed by atoms with Gasteiger partial charge in [-0.1, -0.05) is 41.9 Å². The Labute approximate surface area is 139 Å². The van der Waals surface area contributed by atoms with E-state index in [0.29, 0.717) is 10.7 Å². The molecule has 1 N–H and O–H groups in total. The van der Waals surface area contributed by atoms with Crippen LogP contribution in [0.25, 0.3) is 5.03 Å². The molecule has 0 saturated heterocycles. The second-order valence-electron chi connectivity index (χ2n) is 5.33. The second kappa shape index (κ2) is 6.80. The molecule has 2 nitrogen and oxygen atoms in total. The third kappa shape index (κ3) is 3.69. The number of allylic oxidation sites excluding steroid dienone is 2. The first-order chi connectivity index (χ1) is 11.1. The van der Waals surface area contributed by atoms with E-state index in [0.717, 1.165) is 24.0 Å². The van der Waals surface area contributed by atoms with Crippen molar-refractivity contribution in [3.8, 4) is 0 Å². The molecular weight excluding hydrogens is 313 g/mol. The van der Waals surface area contributed by atoms with Crippen molar-refractivity contribution in [1.82, 2.24) is 0 Å². The number of amides is 1. The molecule has 23 heavy (non-hydrogen) atoms. The molecule has 0 radical (unpaired) electrons. The highest BCUT2D eigenvalue weighted by Gasteiger charge is 2.15. The van der Waals surface area contributed by atoms with Gasteiger partial charge in [-0.25, -0.2) is 4.39 Å². The summed E-state index contributed by atoms with van der Waals surface area (Å²) in [7, 11) is 0. The minimum atomic E-state index is -0.337. The van der Waals surface area contributed by atoms with Gasteiger partial charge in [0.2, 0.25) is 5.91 Å². The SMILES string of the molecule is O=C(/C=C/C1=C(Cl)c2ccccc2CC1)Nc1ccc(F)cc1. The molecule has 1 amide bonds. The average Bonchev–Trinajstić information content (AvgIpc) is 2.57. The molecule has 2 aromatic rings. The zero-order valence-corrected chi connectivity index (χ0v) is 13.1. The van der Waals surface area contributed by atoms with Crippen LogP contribution in [0.15, 0.2) is 66.3 Å². The van der Waals surface area contributed by atoms with Crippen molar-refractivity contribution in [2.24, 2.45) is 0 Å². The van der Waals surface area contributed by atoms with Gasteiger partial charge >= 0.3 is 0 Å². The van der Waals surface area contributed by atoms with Gasteiger partial charge in [0.25, 0.3) is 0 Å². The van der Waals surface area contributed by atoms with Crippen LogP contribution >= 0.6 is 11.6 Å². The van der Waals surface area contributed by atoms with Gasteiger partial charge in [0, 0.05) is 11.8 Å². The van der Waals surface area contributed by atoms with Crippen LogP contribution in [0.4, 0.5) is 10.1 Å². The van der Waals surface area contributed by atoms with Gasteiger partial charge in [-0.15, -0.1) is 0 Å². The molecule has 4 heteroatoms. The lowest BCUT2D eigenvalue weighted by molar-refractivity contribution is -0.111. The zero-order chi connectivity index (χ0) is 16.2. The maximum Gasteiger partial charge on any atom is 0.248 e. The lowest BCUT2D eigenvalue weighted by Crippen LogP contribution is -2.08. The fourth-order valence-electron chi connectivity index (χ4n) is 2.55. The Morgan fingerprint density at radius 2 is 1.83 bits per heavy atom. The lowest BCUT2D eigenvalue weighted by Gasteiger charge is -2.17. The summed E-state index contributed by atoms with van der Waals surface area (Å²) in [6.45, 7) is 0. The highest BCUT2D eigenvalue weighted by molar-refractivity contribution is 6.49. The summed E-state index contributed by atoms with van der Waals surface area (Å²) in [5.74, 6) is -0.608. The molecule has 0 saturated carbocycles. The van der Waals surface area contributed by atoms with Crippen molar-refractivity contribution in [1.29, 1.82) is 0 Å². The fourth-order valence-corrected chi connectivity index (χ4v) is 2.90. The monoisotopic (exact) mass is 327 g/mol. The van der Waals surface area contributed by atoms with Gasteiger partial charge in [-0.05, 0) is 53.8 Å². The highest BCUT2D eigenvalue weighted by atomic mass is 35.5. The predicted molar refractivity (Wildman–Crippen MR) is 91.7 cm³/mol. The minimum absolute atomic E-state index is 0.271. The Morgan fingerprint density at radius 3 is 2.61 bits per heavy atom. The van der Waals surface area contributed by atoms with Gasteiger partial charge in [-0.2, -0.15) is 0 Å². The van der Waals surface area contributed by atoms with Crippen molar-refractivity contribution >= 4 is 28.2 Å². The molecule has 2 aromatic carbocycles. The van der Waals surface area contributed by atoms with E-state index in [1.54, 1.807) is 6.08 Å². The van der Waals surface area contributed by atoms with Gasteiger partial charge < -0.3 is 5.32 Å². The quantitative estimate of drug-likeness (QED) is 0.797. The number of carbonyl (C=O) groups excluding carboxylic acids is 1. The van der Waals surface area contributed by atoms with E-state index in [-0.39, 0.29) is 11.7 Å². The van der Waals surface area contributed by atoms with Crippen molar-refractivity contribution in [3.05, 3.63) is 83.2 Å². The number of aryl methyl sites for hydroxylation is 1. The topological polar surface area (TPSA) is 29.1 Å².